The maximum atomic E-state index is 4.96. The van der Waals surface area contributed by atoms with Crippen LogP contribution in [0.4, 0.5) is 11.6 Å². The van der Waals surface area contributed by atoms with Crippen LogP contribution >= 0.6 is 22.6 Å². The lowest BCUT2D eigenvalue weighted by Crippen LogP contribution is -1.97. The second kappa shape index (κ2) is 5.06. The van der Waals surface area contributed by atoms with Crippen LogP contribution in [0.3, 0.4) is 0 Å². The van der Waals surface area contributed by atoms with Crippen molar-refractivity contribution in [2.24, 2.45) is 0 Å². The Morgan fingerprint density at radius 3 is 2.44 bits per heavy atom. The molecule has 0 bridgehead atoms. The van der Waals surface area contributed by atoms with Gasteiger partial charge < -0.3 is 10.1 Å². The first-order valence-corrected chi connectivity index (χ1v) is 5.60. The molecular formula is C10H9IN4O. The summed E-state index contributed by atoms with van der Waals surface area (Å²) in [7, 11) is 1.58. The third-order valence-electron chi connectivity index (χ3n) is 1.82. The van der Waals surface area contributed by atoms with E-state index in [-0.39, 0.29) is 0 Å². The summed E-state index contributed by atoms with van der Waals surface area (Å²) >= 11 is 2.16. The Hall–Kier alpha value is -1.44. The molecule has 0 saturated heterocycles. The second-order valence-electron chi connectivity index (χ2n) is 2.94. The Bertz CT molecular complexity index is 457. The van der Waals surface area contributed by atoms with E-state index in [0.717, 1.165) is 9.26 Å². The number of hydrogen-bond donors (Lipinski definition) is 1. The van der Waals surface area contributed by atoms with E-state index in [1.807, 2.05) is 6.07 Å². The first-order chi connectivity index (χ1) is 7.78. The number of halogens is 1. The summed E-state index contributed by atoms with van der Waals surface area (Å²) in [6, 6.07) is 3.63. The number of rotatable bonds is 3. The number of nitrogens with zero attached hydrogens (tertiary/aromatic N) is 3. The Morgan fingerprint density at radius 1 is 1.12 bits per heavy atom. The molecular weight excluding hydrogens is 319 g/mol. The highest BCUT2D eigenvalue weighted by Crippen LogP contribution is 2.14. The van der Waals surface area contributed by atoms with Crippen LogP contribution in [0, 0.1) is 3.57 Å². The lowest BCUT2D eigenvalue weighted by Gasteiger charge is -2.04. The third-order valence-corrected chi connectivity index (χ3v) is 2.38. The zero-order valence-corrected chi connectivity index (χ0v) is 10.7. The van der Waals surface area contributed by atoms with Gasteiger partial charge in [-0.2, -0.15) is 0 Å². The van der Waals surface area contributed by atoms with Gasteiger partial charge in [-0.15, -0.1) is 0 Å². The normalized spacial score (nSPS) is 9.88. The number of aromatic nitrogens is 3. The molecule has 0 saturated carbocycles. The predicted octanol–water partition coefficient (Wildman–Crippen LogP) is 2.23. The Balaban J connectivity index is 2.11. The Morgan fingerprint density at radius 2 is 1.88 bits per heavy atom. The smallest absolute Gasteiger partial charge is 0.227 e. The molecule has 0 radical (unpaired) electrons. The molecule has 2 aromatic rings. The summed E-state index contributed by atoms with van der Waals surface area (Å²) in [5, 5.41) is 3.04. The van der Waals surface area contributed by atoms with E-state index >= 15 is 0 Å². The fourth-order valence-corrected chi connectivity index (χ4v) is 1.36. The summed E-state index contributed by atoms with van der Waals surface area (Å²) in [5.74, 6) is 1.13. The molecule has 0 atom stereocenters. The minimum atomic E-state index is 0.549. The van der Waals surface area contributed by atoms with Gasteiger partial charge in [0.25, 0.3) is 0 Å². The molecule has 2 aromatic heterocycles. The topological polar surface area (TPSA) is 59.9 Å². The van der Waals surface area contributed by atoms with Crippen molar-refractivity contribution in [3.63, 3.8) is 0 Å². The summed E-state index contributed by atoms with van der Waals surface area (Å²) in [6.07, 6.45) is 5.15. The van der Waals surface area contributed by atoms with E-state index < -0.39 is 0 Å². The standard InChI is InChI=1S/C10H9IN4O/c1-16-9-3-2-8(6-12-9)15-10-13-4-7(11)5-14-10/h2-6H,1H3,(H,13,14,15). The number of anilines is 2. The molecule has 82 valence electrons. The first kappa shape index (κ1) is 11.1. The van der Waals surface area contributed by atoms with E-state index in [0.29, 0.717) is 11.8 Å². The van der Waals surface area contributed by atoms with Gasteiger partial charge in [0.2, 0.25) is 11.8 Å². The van der Waals surface area contributed by atoms with Crippen molar-refractivity contribution in [2.45, 2.75) is 0 Å². The van der Waals surface area contributed by atoms with Crippen LogP contribution in [0.2, 0.25) is 0 Å². The van der Waals surface area contributed by atoms with Gasteiger partial charge in [-0.3, -0.25) is 0 Å². The van der Waals surface area contributed by atoms with Crippen LogP contribution < -0.4 is 10.1 Å². The molecule has 0 aliphatic carbocycles. The number of ether oxygens (including phenoxy) is 1. The van der Waals surface area contributed by atoms with Gasteiger partial charge in [0.1, 0.15) is 0 Å². The quantitative estimate of drug-likeness (QED) is 0.876. The summed E-state index contributed by atoms with van der Waals surface area (Å²) in [6.45, 7) is 0. The number of pyridine rings is 1. The highest BCUT2D eigenvalue weighted by Gasteiger charge is 1.98. The van der Waals surface area contributed by atoms with E-state index in [2.05, 4.69) is 42.9 Å². The maximum Gasteiger partial charge on any atom is 0.227 e. The lowest BCUT2D eigenvalue weighted by molar-refractivity contribution is 0.398. The van der Waals surface area contributed by atoms with Gasteiger partial charge in [0.05, 0.1) is 19.0 Å². The Labute approximate surface area is 106 Å². The number of hydrogen-bond acceptors (Lipinski definition) is 5. The van der Waals surface area contributed by atoms with Crippen LogP contribution in [0.5, 0.6) is 5.88 Å². The summed E-state index contributed by atoms with van der Waals surface area (Å²) in [4.78, 5) is 12.3. The van der Waals surface area contributed by atoms with Crippen molar-refractivity contribution in [2.75, 3.05) is 12.4 Å². The van der Waals surface area contributed by atoms with Gasteiger partial charge in [-0.05, 0) is 28.7 Å². The number of nitrogens with one attached hydrogen (secondary N) is 1. The summed E-state index contributed by atoms with van der Waals surface area (Å²) < 4.78 is 5.96. The lowest BCUT2D eigenvalue weighted by atomic mass is 10.4. The van der Waals surface area contributed by atoms with E-state index in [1.165, 1.54) is 0 Å². The molecule has 16 heavy (non-hydrogen) atoms. The zero-order valence-electron chi connectivity index (χ0n) is 8.51. The molecule has 0 unspecified atom stereocenters. The molecule has 0 aliphatic rings. The summed E-state index contributed by atoms with van der Waals surface area (Å²) in [5.41, 5.74) is 0.821. The first-order valence-electron chi connectivity index (χ1n) is 4.52. The van der Waals surface area contributed by atoms with Gasteiger partial charge >= 0.3 is 0 Å². The SMILES string of the molecule is COc1ccc(Nc2ncc(I)cn2)cn1. The van der Waals surface area contributed by atoms with Crippen LogP contribution in [-0.2, 0) is 0 Å². The monoisotopic (exact) mass is 328 g/mol. The maximum absolute atomic E-state index is 4.96. The Kier molecular flexibility index (Phi) is 3.50. The molecule has 6 heteroatoms. The molecule has 0 aliphatic heterocycles. The van der Waals surface area contributed by atoms with Crippen molar-refractivity contribution in [3.05, 3.63) is 34.3 Å². The largest absolute Gasteiger partial charge is 0.481 e. The molecule has 1 N–H and O–H groups in total. The van der Waals surface area contributed by atoms with Crippen molar-refractivity contribution in [1.82, 2.24) is 15.0 Å². The minimum Gasteiger partial charge on any atom is -0.481 e. The predicted molar refractivity (Wildman–Crippen MR) is 68.8 cm³/mol. The van der Waals surface area contributed by atoms with Gasteiger partial charge in [0, 0.05) is 22.0 Å². The van der Waals surface area contributed by atoms with Gasteiger partial charge in [0.15, 0.2) is 0 Å². The average Bonchev–Trinajstić information content (AvgIpc) is 2.33. The molecule has 0 aromatic carbocycles. The second-order valence-corrected chi connectivity index (χ2v) is 4.18. The molecule has 2 rings (SSSR count). The zero-order chi connectivity index (χ0) is 11.4. The third kappa shape index (κ3) is 2.78. The van der Waals surface area contributed by atoms with E-state index in [4.69, 9.17) is 4.74 Å². The molecule has 2 heterocycles. The fourth-order valence-electron chi connectivity index (χ4n) is 1.08. The van der Waals surface area contributed by atoms with E-state index in [1.54, 1.807) is 31.8 Å². The van der Waals surface area contributed by atoms with Crippen molar-refractivity contribution >= 4 is 34.2 Å². The van der Waals surface area contributed by atoms with Crippen molar-refractivity contribution in [3.8, 4) is 5.88 Å². The van der Waals surface area contributed by atoms with Crippen molar-refractivity contribution in [1.29, 1.82) is 0 Å². The number of methoxy groups -OCH3 is 1. The van der Waals surface area contributed by atoms with Crippen LogP contribution in [0.25, 0.3) is 0 Å². The van der Waals surface area contributed by atoms with Crippen LogP contribution in [0.1, 0.15) is 0 Å². The van der Waals surface area contributed by atoms with E-state index in [9.17, 15) is 0 Å². The molecule has 0 amide bonds. The van der Waals surface area contributed by atoms with Crippen LogP contribution in [0.15, 0.2) is 30.7 Å². The molecule has 5 nitrogen and oxygen atoms in total. The van der Waals surface area contributed by atoms with Gasteiger partial charge in [-0.25, -0.2) is 15.0 Å². The average molecular weight is 328 g/mol. The van der Waals surface area contributed by atoms with Gasteiger partial charge in [-0.1, -0.05) is 0 Å². The molecule has 0 spiro atoms. The minimum absolute atomic E-state index is 0.549. The van der Waals surface area contributed by atoms with Crippen molar-refractivity contribution < 1.29 is 4.74 Å². The molecule has 0 fully saturated rings. The fraction of sp³-hybridized carbons (Fsp3) is 0.100. The highest BCUT2D eigenvalue weighted by molar-refractivity contribution is 14.1. The highest BCUT2D eigenvalue weighted by atomic mass is 127. The van der Waals surface area contributed by atoms with Crippen LogP contribution in [-0.4, -0.2) is 22.1 Å².